The zero-order chi connectivity index (χ0) is 19.9. The Morgan fingerprint density at radius 3 is 2.61 bits per heavy atom. The first-order chi connectivity index (χ1) is 13.2. The Labute approximate surface area is 167 Å². The molecule has 1 amide bonds. The molecule has 2 aliphatic heterocycles. The molecule has 7 nitrogen and oxygen atoms in total. The summed E-state index contributed by atoms with van der Waals surface area (Å²) in [6, 6.07) is 4.05. The number of carbonyl (C=O) groups is 1. The molecular formula is C21H32N4O3. The average molecular weight is 389 g/mol. The van der Waals surface area contributed by atoms with Crippen LogP contribution in [0.4, 0.5) is 10.6 Å². The van der Waals surface area contributed by atoms with Crippen LogP contribution in [0.5, 0.6) is 5.75 Å². The number of amides is 1. The van der Waals surface area contributed by atoms with Gasteiger partial charge in [0.15, 0.2) is 11.6 Å². The van der Waals surface area contributed by atoms with Crippen molar-refractivity contribution in [2.24, 2.45) is 5.41 Å². The summed E-state index contributed by atoms with van der Waals surface area (Å²) in [5, 5.41) is 10.0. The van der Waals surface area contributed by atoms with Gasteiger partial charge in [0.05, 0.1) is 0 Å². The number of ether oxygens (including phenoxy) is 1. The molecule has 1 aromatic heterocycles. The molecule has 3 fully saturated rings. The Kier molecular flexibility index (Phi) is 4.89. The second-order valence-corrected chi connectivity index (χ2v) is 9.60. The molecule has 3 aliphatic rings. The minimum absolute atomic E-state index is 0.176. The summed E-state index contributed by atoms with van der Waals surface area (Å²) < 4.78 is 5.50. The lowest BCUT2D eigenvalue weighted by Crippen LogP contribution is -2.59. The fourth-order valence-electron chi connectivity index (χ4n) is 4.93. The van der Waals surface area contributed by atoms with Gasteiger partial charge in [0.2, 0.25) is 0 Å². The molecule has 1 saturated carbocycles. The van der Waals surface area contributed by atoms with E-state index in [0.29, 0.717) is 11.9 Å². The van der Waals surface area contributed by atoms with E-state index in [9.17, 15) is 9.90 Å². The Hall–Kier alpha value is -2.02. The molecule has 0 aromatic carbocycles. The van der Waals surface area contributed by atoms with E-state index in [0.717, 1.165) is 39.3 Å². The van der Waals surface area contributed by atoms with Gasteiger partial charge in [-0.05, 0) is 52.2 Å². The number of nitrogens with zero attached hydrogens (tertiary/aromatic N) is 4. The van der Waals surface area contributed by atoms with Crippen molar-refractivity contribution in [2.75, 3.05) is 44.2 Å². The topological polar surface area (TPSA) is 69.1 Å². The van der Waals surface area contributed by atoms with E-state index in [4.69, 9.17) is 4.74 Å². The highest BCUT2D eigenvalue weighted by molar-refractivity contribution is 5.69. The standard InChI is InChI=1S/C21H32N4O3/c1-20(2,3)28-19(27)25-14-21(15-25)7-6-16(13-21)23-9-11-24(12-10-23)18-17(26)5-4-8-22-18/h4-5,8,16,26H,6-7,9-15H2,1-3H3. The fourth-order valence-corrected chi connectivity index (χ4v) is 4.93. The number of piperazine rings is 1. The van der Waals surface area contributed by atoms with Gasteiger partial charge in [0, 0.05) is 56.9 Å². The summed E-state index contributed by atoms with van der Waals surface area (Å²) in [4.78, 5) is 23.2. The lowest BCUT2D eigenvalue weighted by atomic mass is 9.78. The van der Waals surface area contributed by atoms with Gasteiger partial charge < -0.3 is 19.6 Å². The van der Waals surface area contributed by atoms with Crippen molar-refractivity contribution < 1.29 is 14.6 Å². The van der Waals surface area contributed by atoms with Crippen molar-refractivity contribution in [2.45, 2.75) is 51.7 Å². The maximum Gasteiger partial charge on any atom is 0.410 e. The Morgan fingerprint density at radius 2 is 1.96 bits per heavy atom. The zero-order valence-corrected chi connectivity index (χ0v) is 17.2. The smallest absolute Gasteiger partial charge is 0.410 e. The first kappa shape index (κ1) is 19.3. The summed E-state index contributed by atoms with van der Waals surface area (Å²) in [5.74, 6) is 0.949. The molecule has 1 N–H and O–H groups in total. The van der Waals surface area contributed by atoms with Gasteiger partial charge in [-0.3, -0.25) is 4.90 Å². The average Bonchev–Trinajstić information content (AvgIpc) is 3.05. The quantitative estimate of drug-likeness (QED) is 0.840. The van der Waals surface area contributed by atoms with E-state index in [1.54, 1.807) is 18.3 Å². The maximum absolute atomic E-state index is 12.2. The number of hydrogen-bond acceptors (Lipinski definition) is 6. The molecule has 0 radical (unpaired) electrons. The largest absolute Gasteiger partial charge is 0.504 e. The molecule has 7 heteroatoms. The van der Waals surface area contributed by atoms with Gasteiger partial charge in [0.1, 0.15) is 5.60 Å². The highest BCUT2D eigenvalue weighted by atomic mass is 16.6. The van der Waals surface area contributed by atoms with Crippen molar-refractivity contribution in [3.8, 4) is 5.75 Å². The van der Waals surface area contributed by atoms with Crippen molar-refractivity contribution in [1.82, 2.24) is 14.8 Å². The third kappa shape index (κ3) is 3.90. The van der Waals surface area contributed by atoms with Crippen LogP contribution >= 0.6 is 0 Å². The molecule has 3 heterocycles. The normalized spacial score (nSPS) is 25.0. The first-order valence-corrected chi connectivity index (χ1v) is 10.4. The SMILES string of the molecule is CC(C)(C)OC(=O)N1CC2(CCC(N3CCN(c4ncccc4O)CC3)C2)C1. The van der Waals surface area contributed by atoms with E-state index in [1.807, 2.05) is 25.7 Å². The Morgan fingerprint density at radius 1 is 1.25 bits per heavy atom. The summed E-state index contributed by atoms with van der Waals surface area (Å²) in [5.41, 5.74) is -0.141. The lowest BCUT2D eigenvalue weighted by molar-refractivity contribution is -0.0344. The third-order valence-corrected chi connectivity index (χ3v) is 6.28. The number of rotatable bonds is 2. The number of pyridine rings is 1. The molecule has 1 aromatic rings. The van der Waals surface area contributed by atoms with Crippen LogP contribution in [0, 0.1) is 5.41 Å². The van der Waals surface area contributed by atoms with Gasteiger partial charge in [-0.2, -0.15) is 0 Å². The van der Waals surface area contributed by atoms with Gasteiger partial charge in [-0.1, -0.05) is 0 Å². The van der Waals surface area contributed by atoms with Crippen LogP contribution in [0.15, 0.2) is 18.3 Å². The predicted molar refractivity (Wildman–Crippen MR) is 108 cm³/mol. The molecule has 1 spiro atoms. The van der Waals surface area contributed by atoms with Gasteiger partial charge in [-0.15, -0.1) is 0 Å². The summed E-state index contributed by atoms with van der Waals surface area (Å²) in [6.07, 6.45) is 5.12. The number of aromatic hydroxyl groups is 1. The molecule has 4 rings (SSSR count). The highest BCUT2D eigenvalue weighted by Gasteiger charge is 2.51. The first-order valence-electron chi connectivity index (χ1n) is 10.4. The van der Waals surface area contributed by atoms with E-state index >= 15 is 0 Å². The molecule has 28 heavy (non-hydrogen) atoms. The zero-order valence-electron chi connectivity index (χ0n) is 17.2. The highest BCUT2D eigenvalue weighted by Crippen LogP contribution is 2.47. The number of anilines is 1. The van der Waals surface area contributed by atoms with Crippen LogP contribution in [0.3, 0.4) is 0 Å². The predicted octanol–water partition coefficient (Wildman–Crippen LogP) is 2.70. The summed E-state index contributed by atoms with van der Waals surface area (Å²) in [7, 11) is 0. The van der Waals surface area contributed by atoms with Crippen LogP contribution in [0.2, 0.25) is 0 Å². The molecule has 1 atom stereocenters. The van der Waals surface area contributed by atoms with E-state index < -0.39 is 5.60 Å². The van der Waals surface area contributed by atoms with Gasteiger partial charge in [0.25, 0.3) is 0 Å². The second-order valence-electron chi connectivity index (χ2n) is 9.60. The van der Waals surface area contributed by atoms with E-state index in [2.05, 4.69) is 14.8 Å². The molecule has 154 valence electrons. The lowest BCUT2D eigenvalue weighted by Gasteiger charge is -2.48. The van der Waals surface area contributed by atoms with Crippen LogP contribution in [-0.2, 0) is 4.74 Å². The third-order valence-electron chi connectivity index (χ3n) is 6.28. The van der Waals surface area contributed by atoms with Crippen molar-refractivity contribution in [3.63, 3.8) is 0 Å². The van der Waals surface area contributed by atoms with Crippen LogP contribution in [0.1, 0.15) is 40.0 Å². The van der Waals surface area contributed by atoms with Crippen molar-refractivity contribution in [3.05, 3.63) is 18.3 Å². The van der Waals surface area contributed by atoms with Crippen LogP contribution in [-0.4, -0.2) is 76.9 Å². The molecule has 1 aliphatic carbocycles. The van der Waals surface area contributed by atoms with Crippen LogP contribution in [0.25, 0.3) is 0 Å². The van der Waals surface area contributed by atoms with E-state index in [-0.39, 0.29) is 17.3 Å². The van der Waals surface area contributed by atoms with Gasteiger partial charge >= 0.3 is 6.09 Å². The number of aromatic nitrogens is 1. The van der Waals surface area contributed by atoms with E-state index in [1.165, 1.54) is 19.3 Å². The fraction of sp³-hybridized carbons (Fsp3) is 0.714. The monoisotopic (exact) mass is 388 g/mol. The second kappa shape index (κ2) is 7.10. The van der Waals surface area contributed by atoms with Gasteiger partial charge in [-0.25, -0.2) is 9.78 Å². The minimum Gasteiger partial charge on any atom is -0.504 e. The molecule has 1 unspecified atom stereocenters. The van der Waals surface area contributed by atoms with Crippen LogP contribution < -0.4 is 4.90 Å². The molecule has 0 bridgehead atoms. The van der Waals surface area contributed by atoms with Crippen molar-refractivity contribution >= 4 is 11.9 Å². The number of hydrogen-bond donors (Lipinski definition) is 1. The Balaban J connectivity index is 1.26. The summed E-state index contributed by atoms with van der Waals surface area (Å²) >= 11 is 0. The number of carbonyl (C=O) groups excluding carboxylic acids is 1. The van der Waals surface area contributed by atoms with Crippen molar-refractivity contribution in [1.29, 1.82) is 0 Å². The molecular weight excluding hydrogens is 356 g/mol. The number of likely N-dealkylation sites (tertiary alicyclic amines) is 1. The summed E-state index contributed by atoms with van der Waals surface area (Å²) in [6.45, 7) is 11.2. The minimum atomic E-state index is -0.431. The maximum atomic E-state index is 12.2. The molecule has 2 saturated heterocycles. The Bertz CT molecular complexity index is 719.